The molecular formula is C12H15NO. The van der Waals surface area contributed by atoms with E-state index in [4.69, 9.17) is 10.5 Å². The molecule has 1 aromatic carbocycles. The number of rotatable bonds is 2. The van der Waals surface area contributed by atoms with Gasteiger partial charge in [0.2, 0.25) is 0 Å². The van der Waals surface area contributed by atoms with Gasteiger partial charge >= 0.3 is 0 Å². The molecule has 2 N–H and O–H groups in total. The second kappa shape index (κ2) is 4.40. The maximum Gasteiger partial charge on any atom is 0.0719 e. The second-order valence-corrected chi connectivity index (χ2v) is 3.47. The number of fused-ring (bicyclic) bond motifs is 1. The van der Waals surface area contributed by atoms with Gasteiger partial charge in [0.05, 0.1) is 13.2 Å². The average Bonchev–Trinajstić information content (AvgIpc) is 2.26. The quantitative estimate of drug-likeness (QED) is 0.769. The Kier molecular flexibility index (Phi) is 2.96. The van der Waals surface area contributed by atoms with Gasteiger partial charge in [-0.3, -0.25) is 0 Å². The Bertz CT molecular complexity index is 344. The highest BCUT2D eigenvalue weighted by atomic mass is 16.5. The number of benzene rings is 1. The smallest absolute Gasteiger partial charge is 0.0719 e. The van der Waals surface area contributed by atoms with Crippen LogP contribution in [0.4, 0.5) is 0 Å². The van der Waals surface area contributed by atoms with E-state index in [1.165, 1.54) is 16.7 Å². The zero-order valence-electron chi connectivity index (χ0n) is 8.20. The van der Waals surface area contributed by atoms with Crippen molar-refractivity contribution < 1.29 is 4.74 Å². The fourth-order valence-electron chi connectivity index (χ4n) is 1.69. The normalized spacial score (nSPS) is 15.8. The third-order valence-electron chi connectivity index (χ3n) is 2.45. The van der Waals surface area contributed by atoms with Gasteiger partial charge < -0.3 is 10.5 Å². The summed E-state index contributed by atoms with van der Waals surface area (Å²) in [4.78, 5) is 0. The molecule has 0 atom stereocenters. The van der Waals surface area contributed by atoms with Crippen molar-refractivity contribution in [3.8, 4) is 0 Å². The molecule has 1 aromatic rings. The first-order valence-corrected chi connectivity index (χ1v) is 4.96. The molecule has 2 nitrogen and oxygen atoms in total. The lowest BCUT2D eigenvalue weighted by molar-refractivity contribution is 0.111. The van der Waals surface area contributed by atoms with E-state index in [9.17, 15) is 0 Å². The summed E-state index contributed by atoms with van der Waals surface area (Å²) in [5.74, 6) is 0. The fourth-order valence-corrected chi connectivity index (χ4v) is 1.69. The number of hydrogen-bond donors (Lipinski definition) is 1. The lowest BCUT2D eigenvalue weighted by atomic mass is 10.0. The molecule has 0 bridgehead atoms. The minimum absolute atomic E-state index is 0.597. The topological polar surface area (TPSA) is 35.2 Å². The van der Waals surface area contributed by atoms with Crippen molar-refractivity contribution in [1.29, 1.82) is 0 Å². The molecule has 0 saturated carbocycles. The average molecular weight is 189 g/mol. The van der Waals surface area contributed by atoms with Gasteiger partial charge in [0.25, 0.3) is 0 Å². The molecule has 14 heavy (non-hydrogen) atoms. The van der Waals surface area contributed by atoms with E-state index >= 15 is 0 Å². The molecule has 0 aliphatic carbocycles. The first-order chi connectivity index (χ1) is 6.90. The first kappa shape index (κ1) is 9.44. The predicted octanol–water partition coefficient (Wildman–Crippen LogP) is 1.73. The summed E-state index contributed by atoms with van der Waals surface area (Å²) < 4.78 is 5.38. The summed E-state index contributed by atoms with van der Waals surface area (Å²) in [6, 6.07) is 6.48. The highest BCUT2D eigenvalue weighted by molar-refractivity contribution is 5.52. The molecule has 0 spiro atoms. The molecular weight excluding hydrogens is 174 g/mol. The van der Waals surface area contributed by atoms with E-state index < -0.39 is 0 Å². The summed E-state index contributed by atoms with van der Waals surface area (Å²) in [5.41, 5.74) is 9.37. The molecule has 0 aromatic heterocycles. The molecule has 1 aliphatic rings. The minimum atomic E-state index is 0.597. The summed E-state index contributed by atoms with van der Waals surface area (Å²) in [5, 5.41) is 0. The minimum Gasteiger partial charge on any atom is -0.376 e. The molecule has 2 rings (SSSR count). The third kappa shape index (κ3) is 2.03. The Hall–Kier alpha value is -1.12. The van der Waals surface area contributed by atoms with Crippen LogP contribution in [0.25, 0.3) is 6.08 Å². The van der Waals surface area contributed by atoms with Crippen LogP contribution < -0.4 is 5.73 Å². The zero-order chi connectivity index (χ0) is 9.80. The van der Waals surface area contributed by atoms with E-state index in [2.05, 4.69) is 24.3 Å². The van der Waals surface area contributed by atoms with Crippen molar-refractivity contribution in [1.82, 2.24) is 0 Å². The molecule has 1 heterocycles. The molecule has 74 valence electrons. The number of nitrogens with two attached hydrogens (primary N) is 1. The van der Waals surface area contributed by atoms with Crippen LogP contribution in [0.2, 0.25) is 0 Å². The van der Waals surface area contributed by atoms with E-state index in [0.29, 0.717) is 6.54 Å². The molecule has 0 saturated heterocycles. The van der Waals surface area contributed by atoms with Crippen molar-refractivity contribution in [2.24, 2.45) is 5.73 Å². The Balaban J connectivity index is 2.24. The van der Waals surface area contributed by atoms with Crippen molar-refractivity contribution in [2.45, 2.75) is 13.0 Å². The van der Waals surface area contributed by atoms with Gasteiger partial charge in [0.1, 0.15) is 0 Å². The molecule has 2 heteroatoms. The monoisotopic (exact) mass is 189 g/mol. The highest BCUT2D eigenvalue weighted by Gasteiger charge is 2.08. The fraction of sp³-hybridized carbons (Fsp3) is 0.333. The van der Waals surface area contributed by atoms with Crippen LogP contribution in [0.15, 0.2) is 24.3 Å². The zero-order valence-corrected chi connectivity index (χ0v) is 8.20. The SMILES string of the molecule is NC/C=C/c1ccc2c(c1)CCOC2. The van der Waals surface area contributed by atoms with Gasteiger partial charge in [-0.15, -0.1) is 0 Å². The van der Waals surface area contributed by atoms with Crippen LogP contribution in [-0.2, 0) is 17.8 Å². The maximum absolute atomic E-state index is 5.41. The lowest BCUT2D eigenvalue weighted by Gasteiger charge is -2.16. The standard InChI is InChI=1S/C12H15NO/c13-6-1-2-10-3-4-12-9-14-7-5-11(12)8-10/h1-4,8H,5-7,9,13H2/b2-1+. The van der Waals surface area contributed by atoms with E-state index in [-0.39, 0.29) is 0 Å². The van der Waals surface area contributed by atoms with Crippen LogP contribution in [0.5, 0.6) is 0 Å². The molecule has 0 amide bonds. The van der Waals surface area contributed by atoms with E-state index in [0.717, 1.165) is 19.6 Å². The predicted molar refractivity (Wildman–Crippen MR) is 57.9 cm³/mol. The van der Waals surface area contributed by atoms with Gasteiger partial charge in [-0.25, -0.2) is 0 Å². The first-order valence-electron chi connectivity index (χ1n) is 4.96. The molecule has 0 unspecified atom stereocenters. The summed E-state index contributed by atoms with van der Waals surface area (Å²) in [7, 11) is 0. The van der Waals surface area contributed by atoms with Gasteiger partial charge in [0.15, 0.2) is 0 Å². The Labute approximate surface area is 84.4 Å². The van der Waals surface area contributed by atoms with Gasteiger partial charge in [-0.1, -0.05) is 30.4 Å². The lowest BCUT2D eigenvalue weighted by Crippen LogP contribution is -2.09. The Morgan fingerprint density at radius 2 is 2.29 bits per heavy atom. The van der Waals surface area contributed by atoms with Crippen molar-refractivity contribution in [3.63, 3.8) is 0 Å². The maximum atomic E-state index is 5.41. The molecule has 0 fully saturated rings. The van der Waals surface area contributed by atoms with Crippen molar-refractivity contribution >= 4 is 6.08 Å². The van der Waals surface area contributed by atoms with Gasteiger partial charge in [-0.05, 0) is 23.1 Å². The summed E-state index contributed by atoms with van der Waals surface area (Å²) >= 11 is 0. The van der Waals surface area contributed by atoms with Crippen molar-refractivity contribution in [2.75, 3.05) is 13.2 Å². The van der Waals surface area contributed by atoms with Crippen LogP contribution in [-0.4, -0.2) is 13.2 Å². The van der Waals surface area contributed by atoms with E-state index in [1.807, 2.05) is 6.08 Å². The van der Waals surface area contributed by atoms with Gasteiger partial charge in [-0.2, -0.15) is 0 Å². The third-order valence-corrected chi connectivity index (χ3v) is 2.45. The summed E-state index contributed by atoms with van der Waals surface area (Å²) in [6.07, 6.45) is 5.07. The Morgan fingerprint density at radius 1 is 1.36 bits per heavy atom. The van der Waals surface area contributed by atoms with Crippen LogP contribution in [0.1, 0.15) is 16.7 Å². The number of ether oxygens (including phenoxy) is 1. The largest absolute Gasteiger partial charge is 0.376 e. The van der Waals surface area contributed by atoms with Crippen LogP contribution in [0, 0.1) is 0 Å². The van der Waals surface area contributed by atoms with Crippen LogP contribution in [0.3, 0.4) is 0 Å². The van der Waals surface area contributed by atoms with E-state index in [1.54, 1.807) is 0 Å². The number of hydrogen-bond acceptors (Lipinski definition) is 2. The molecule has 0 radical (unpaired) electrons. The van der Waals surface area contributed by atoms with Gasteiger partial charge in [0, 0.05) is 6.54 Å². The van der Waals surface area contributed by atoms with Crippen molar-refractivity contribution in [3.05, 3.63) is 41.0 Å². The second-order valence-electron chi connectivity index (χ2n) is 3.47. The molecule has 1 aliphatic heterocycles. The van der Waals surface area contributed by atoms with Crippen LogP contribution >= 0.6 is 0 Å². The summed E-state index contributed by atoms with van der Waals surface area (Å²) in [6.45, 7) is 2.20. The Morgan fingerprint density at radius 3 is 3.14 bits per heavy atom. The highest BCUT2D eigenvalue weighted by Crippen LogP contribution is 2.18.